The van der Waals surface area contributed by atoms with Crippen molar-refractivity contribution in [2.75, 3.05) is 13.2 Å². The van der Waals surface area contributed by atoms with E-state index in [4.69, 9.17) is 10.5 Å². The maximum atomic E-state index is 13.2. The van der Waals surface area contributed by atoms with Crippen molar-refractivity contribution in [1.29, 1.82) is 0 Å². The van der Waals surface area contributed by atoms with Gasteiger partial charge in [0, 0.05) is 18.7 Å². The van der Waals surface area contributed by atoms with Gasteiger partial charge in [-0.15, -0.1) is 0 Å². The van der Waals surface area contributed by atoms with Crippen molar-refractivity contribution in [3.63, 3.8) is 0 Å². The average molecular weight is 358 g/mol. The lowest BCUT2D eigenvalue weighted by Gasteiger charge is -2.21. The summed E-state index contributed by atoms with van der Waals surface area (Å²) in [6, 6.07) is 11.6. The number of primary amides is 1. The number of carbonyl (C=O) groups excluding carboxylic acids is 3. The first-order chi connectivity index (χ1) is 12.4. The van der Waals surface area contributed by atoms with E-state index in [0.717, 1.165) is 0 Å². The summed E-state index contributed by atoms with van der Waals surface area (Å²) in [4.78, 5) is 36.7. The second-order valence-electron chi connectivity index (χ2n) is 5.56. The predicted molar refractivity (Wildman–Crippen MR) is 92.7 cm³/mol. The van der Waals surface area contributed by atoms with Crippen LogP contribution in [0.4, 0.5) is 4.39 Å². The molecule has 26 heavy (non-hydrogen) atoms. The Balaban J connectivity index is 1.93. The van der Waals surface area contributed by atoms with E-state index < -0.39 is 18.5 Å². The van der Waals surface area contributed by atoms with Crippen molar-refractivity contribution < 1.29 is 23.5 Å². The Hall–Kier alpha value is -3.22. The Kier molecular flexibility index (Phi) is 6.43. The number of halogens is 1. The van der Waals surface area contributed by atoms with Crippen LogP contribution in [0.15, 0.2) is 48.5 Å². The van der Waals surface area contributed by atoms with Crippen molar-refractivity contribution in [1.82, 2.24) is 4.90 Å². The standard InChI is InChI=1S/C19H19FN2O4/c1-2-22(11-13-4-3-5-16(20)10-13)17(23)12-26-19(25)15-8-6-14(7-9-15)18(21)24/h3-10H,2,11-12H2,1H3,(H2,21,24). The summed E-state index contributed by atoms with van der Waals surface area (Å²) in [6.45, 7) is 1.96. The second-order valence-corrected chi connectivity index (χ2v) is 5.56. The lowest BCUT2D eigenvalue weighted by Crippen LogP contribution is -2.34. The van der Waals surface area contributed by atoms with E-state index in [9.17, 15) is 18.8 Å². The maximum Gasteiger partial charge on any atom is 0.338 e. The normalized spacial score (nSPS) is 10.2. The second kappa shape index (κ2) is 8.75. The minimum absolute atomic E-state index is 0.205. The molecule has 7 heteroatoms. The highest BCUT2D eigenvalue weighted by molar-refractivity contribution is 5.95. The van der Waals surface area contributed by atoms with E-state index in [1.807, 2.05) is 0 Å². The van der Waals surface area contributed by atoms with Crippen LogP contribution in [-0.2, 0) is 16.1 Å². The molecule has 136 valence electrons. The van der Waals surface area contributed by atoms with E-state index in [-0.39, 0.29) is 29.4 Å². The zero-order valence-electron chi connectivity index (χ0n) is 14.3. The molecule has 0 aliphatic heterocycles. The minimum atomic E-state index is -0.684. The van der Waals surface area contributed by atoms with Crippen molar-refractivity contribution in [3.8, 4) is 0 Å². The van der Waals surface area contributed by atoms with Crippen LogP contribution in [0, 0.1) is 5.82 Å². The Morgan fingerprint density at radius 3 is 2.31 bits per heavy atom. The van der Waals surface area contributed by atoms with Crippen LogP contribution in [0.3, 0.4) is 0 Å². The molecule has 0 aliphatic carbocycles. The first-order valence-corrected chi connectivity index (χ1v) is 8.00. The SMILES string of the molecule is CCN(Cc1cccc(F)c1)C(=O)COC(=O)c1ccc(C(N)=O)cc1. The molecule has 0 saturated heterocycles. The van der Waals surface area contributed by atoms with Gasteiger partial charge >= 0.3 is 5.97 Å². The fraction of sp³-hybridized carbons (Fsp3) is 0.211. The first kappa shape index (κ1) is 19.1. The Morgan fingerprint density at radius 2 is 1.73 bits per heavy atom. The number of benzene rings is 2. The Labute approximate surface area is 150 Å². The van der Waals surface area contributed by atoms with Gasteiger partial charge in [-0.05, 0) is 48.9 Å². The summed E-state index contributed by atoms with van der Waals surface area (Å²) in [5, 5.41) is 0. The Morgan fingerprint density at radius 1 is 1.08 bits per heavy atom. The molecule has 2 aromatic rings. The number of ether oxygens (including phenoxy) is 1. The molecule has 2 rings (SSSR count). The van der Waals surface area contributed by atoms with Gasteiger partial charge in [-0.25, -0.2) is 9.18 Å². The number of nitrogens with two attached hydrogens (primary N) is 1. The minimum Gasteiger partial charge on any atom is -0.452 e. The highest BCUT2D eigenvalue weighted by atomic mass is 19.1. The lowest BCUT2D eigenvalue weighted by atomic mass is 10.1. The maximum absolute atomic E-state index is 13.2. The number of amides is 2. The van der Waals surface area contributed by atoms with E-state index in [1.54, 1.807) is 19.1 Å². The molecule has 0 fully saturated rings. The zero-order chi connectivity index (χ0) is 19.1. The van der Waals surface area contributed by atoms with Crippen LogP contribution in [0.5, 0.6) is 0 Å². The quantitative estimate of drug-likeness (QED) is 0.768. The number of carbonyl (C=O) groups is 3. The molecule has 0 radical (unpaired) electrons. The number of hydrogen-bond donors (Lipinski definition) is 1. The van der Waals surface area contributed by atoms with Crippen LogP contribution < -0.4 is 5.73 Å². The Bertz CT molecular complexity index is 805. The van der Waals surface area contributed by atoms with Crippen LogP contribution in [0.2, 0.25) is 0 Å². The highest BCUT2D eigenvalue weighted by Crippen LogP contribution is 2.09. The number of hydrogen-bond acceptors (Lipinski definition) is 4. The number of nitrogens with zero attached hydrogens (tertiary/aromatic N) is 1. The van der Waals surface area contributed by atoms with Crippen molar-refractivity contribution in [2.24, 2.45) is 5.73 Å². The smallest absolute Gasteiger partial charge is 0.338 e. The van der Waals surface area contributed by atoms with Gasteiger partial charge in [0.2, 0.25) is 5.91 Å². The third-order valence-corrected chi connectivity index (χ3v) is 3.73. The van der Waals surface area contributed by atoms with Gasteiger partial charge in [0.1, 0.15) is 5.82 Å². The van der Waals surface area contributed by atoms with Gasteiger partial charge in [-0.2, -0.15) is 0 Å². The molecule has 2 aromatic carbocycles. The molecule has 0 bridgehead atoms. The molecule has 2 N–H and O–H groups in total. The highest BCUT2D eigenvalue weighted by Gasteiger charge is 2.16. The summed E-state index contributed by atoms with van der Waals surface area (Å²) in [5.74, 6) is -2.05. The molecule has 0 aliphatic rings. The van der Waals surface area contributed by atoms with Gasteiger partial charge < -0.3 is 15.4 Å². The van der Waals surface area contributed by atoms with Crippen LogP contribution in [0.25, 0.3) is 0 Å². The van der Waals surface area contributed by atoms with Gasteiger partial charge in [0.15, 0.2) is 6.61 Å². The summed E-state index contributed by atoms with van der Waals surface area (Å²) < 4.78 is 18.3. The fourth-order valence-corrected chi connectivity index (χ4v) is 2.30. The van der Waals surface area contributed by atoms with Crippen LogP contribution in [0.1, 0.15) is 33.2 Å². The predicted octanol–water partition coefficient (Wildman–Crippen LogP) is 2.13. The monoisotopic (exact) mass is 358 g/mol. The van der Waals surface area contributed by atoms with Gasteiger partial charge in [0.05, 0.1) is 5.56 Å². The molecule has 6 nitrogen and oxygen atoms in total. The van der Waals surface area contributed by atoms with E-state index >= 15 is 0 Å². The van der Waals surface area contributed by atoms with Crippen molar-refractivity contribution >= 4 is 17.8 Å². The van der Waals surface area contributed by atoms with Crippen LogP contribution >= 0.6 is 0 Å². The molecule has 0 aromatic heterocycles. The van der Waals surface area contributed by atoms with E-state index in [2.05, 4.69) is 0 Å². The lowest BCUT2D eigenvalue weighted by molar-refractivity contribution is -0.134. The third kappa shape index (κ3) is 5.14. The fourth-order valence-electron chi connectivity index (χ4n) is 2.30. The molecular weight excluding hydrogens is 339 g/mol. The topological polar surface area (TPSA) is 89.7 Å². The molecule has 0 heterocycles. The number of esters is 1. The number of rotatable bonds is 7. The zero-order valence-corrected chi connectivity index (χ0v) is 14.3. The largest absolute Gasteiger partial charge is 0.452 e. The average Bonchev–Trinajstić information content (AvgIpc) is 2.64. The van der Waals surface area contributed by atoms with Gasteiger partial charge in [-0.1, -0.05) is 12.1 Å². The molecular formula is C19H19FN2O4. The molecule has 0 spiro atoms. The van der Waals surface area contributed by atoms with Gasteiger partial charge in [0.25, 0.3) is 5.91 Å². The van der Waals surface area contributed by atoms with Crippen molar-refractivity contribution in [2.45, 2.75) is 13.5 Å². The van der Waals surface area contributed by atoms with Gasteiger partial charge in [-0.3, -0.25) is 9.59 Å². The molecule has 2 amide bonds. The van der Waals surface area contributed by atoms with E-state index in [1.165, 1.54) is 41.3 Å². The molecule has 0 atom stereocenters. The number of likely N-dealkylation sites (N-methyl/N-ethyl adjacent to an activating group) is 1. The summed E-state index contributed by atoms with van der Waals surface area (Å²) in [5.41, 5.74) is 6.25. The summed E-state index contributed by atoms with van der Waals surface area (Å²) in [7, 11) is 0. The molecule has 0 saturated carbocycles. The first-order valence-electron chi connectivity index (χ1n) is 8.00. The van der Waals surface area contributed by atoms with E-state index in [0.29, 0.717) is 12.1 Å². The molecule has 0 unspecified atom stereocenters. The summed E-state index contributed by atoms with van der Waals surface area (Å²) in [6.07, 6.45) is 0. The van der Waals surface area contributed by atoms with Crippen LogP contribution in [-0.4, -0.2) is 35.8 Å². The third-order valence-electron chi connectivity index (χ3n) is 3.73. The van der Waals surface area contributed by atoms with Crippen molar-refractivity contribution in [3.05, 3.63) is 71.0 Å². The summed E-state index contributed by atoms with van der Waals surface area (Å²) >= 11 is 0.